The lowest BCUT2D eigenvalue weighted by atomic mass is 9.86. The number of benzene rings is 5. The molecule has 158 valence electrons. The molecule has 1 aromatic heterocycles. The van der Waals surface area contributed by atoms with Crippen molar-refractivity contribution in [3.63, 3.8) is 0 Å². The van der Waals surface area contributed by atoms with Gasteiger partial charge in [0.1, 0.15) is 0 Å². The smallest absolute Gasteiger partial charge is 0.0353 e. The van der Waals surface area contributed by atoms with E-state index in [-0.39, 0.29) is 0 Å². The number of rotatable bonds is 3. The predicted molar refractivity (Wildman–Crippen MR) is 142 cm³/mol. The molecular formula is C32H25N. The molecule has 0 N–H and O–H groups in total. The van der Waals surface area contributed by atoms with Gasteiger partial charge in [-0.05, 0) is 72.8 Å². The van der Waals surface area contributed by atoms with E-state index in [4.69, 9.17) is 0 Å². The summed E-state index contributed by atoms with van der Waals surface area (Å²) in [7, 11) is 0. The lowest BCUT2D eigenvalue weighted by Gasteiger charge is -2.18. The minimum atomic E-state index is 0.518. The second-order valence-electron chi connectivity index (χ2n) is 9.06. The van der Waals surface area contributed by atoms with Gasteiger partial charge in [-0.2, -0.15) is 0 Å². The minimum Gasteiger partial charge on any atom is -0.264 e. The second kappa shape index (κ2) is 7.86. The number of fused-ring (bicyclic) bond motifs is 3. The minimum absolute atomic E-state index is 0.518. The first-order valence-corrected chi connectivity index (χ1v) is 11.6. The van der Waals surface area contributed by atoms with Crippen LogP contribution in [-0.2, 0) is 0 Å². The summed E-state index contributed by atoms with van der Waals surface area (Å²) < 4.78 is 0. The Labute approximate surface area is 194 Å². The molecule has 0 saturated carbocycles. The van der Waals surface area contributed by atoms with Crippen molar-refractivity contribution in [1.29, 1.82) is 0 Å². The van der Waals surface area contributed by atoms with Gasteiger partial charge in [0.05, 0.1) is 0 Å². The van der Waals surface area contributed by atoms with Gasteiger partial charge in [0.15, 0.2) is 0 Å². The van der Waals surface area contributed by atoms with E-state index in [1.54, 1.807) is 0 Å². The van der Waals surface area contributed by atoms with Crippen molar-refractivity contribution in [2.75, 3.05) is 0 Å². The lowest BCUT2D eigenvalue weighted by Crippen LogP contribution is -1.92. The van der Waals surface area contributed by atoms with E-state index in [1.807, 2.05) is 12.4 Å². The zero-order chi connectivity index (χ0) is 22.4. The number of pyridine rings is 1. The van der Waals surface area contributed by atoms with E-state index in [9.17, 15) is 0 Å². The van der Waals surface area contributed by atoms with Crippen LogP contribution in [0, 0.1) is 0 Å². The maximum Gasteiger partial charge on any atom is 0.0353 e. The Morgan fingerprint density at radius 2 is 1.15 bits per heavy atom. The van der Waals surface area contributed by atoms with Gasteiger partial charge >= 0.3 is 0 Å². The van der Waals surface area contributed by atoms with Crippen LogP contribution in [-0.4, -0.2) is 4.98 Å². The molecule has 0 spiro atoms. The van der Waals surface area contributed by atoms with Gasteiger partial charge in [-0.3, -0.25) is 4.98 Å². The third kappa shape index (κ3) is 3.29. The fourth-order valence-corrected chi connectivity index (χ4v) is 5.02. The first-order valence-electron chi connectivity index (χ1n) is 11.6. The van der Waals surface area contributed by atoms with Gasteiger partial charge in [-0.15, -0.1) is 0 Å². The average Bonchev–Trinajstić information content (AvgIpc) is 2.87. The first kappa shape index (κ1) is 19.7. The van der Waals surface area contributed by atoms with Crippen LogP contribution in [0.4, 0.5) is 0 Å². The van der Waals surface area contributed by atoms with Crippen molar-refractivity contribution in [3.05, 3.63) is 115 Å². The van der Waals surface area contributed by atoms with E-state index >= 15 is 0 Å². The largest absolute Gasteiger partial charge is 0.264 e. The van der Waals surface area contributed by atoms with Crippen molar-refractivity contribution in [2.45, 2.75) is 19.8 Å². The third-order valence-corrected chi connectivity index (χ3v) is 6.73. The molecule has 0 aliphatic carbocycles. The number of aromatic nitrogens is 1. The molecule has 5 aromatic carbocycles. The molecule has 0 saturated heterocycles. The summed E-state index contributed by atoms with van der Waals surface area (Å²) in [6, 6.07) is 35.3. The van der Waals surface area contributed by atoms with Crippen LogP contribution in [0.3, 0.4) is 0 Å². The van der Waals surface area contributed by atoms with Crippen LogP contribution in [0.2, 0.25) is 0 Å². The first-order chi connectivity index (χ1) is 16.2. The topological polar surface area (TPSA) is 12.9 Å². The molecule has 0 atom stereocenters. The quantitative estimate of drug-likeness (QED) is 0.259. The summed E-state index contributed by atoms with van der Waals surface area (Å²) in [6.45, 7) is 4.48. The molecular weight excluding hydrogens is 398 g/mol. The van der Waals surface area contributed by atoms with Crippen molar-refractivity contribution in [2.24, 2.45) is 0 Å². The van der Waals surface area contributed by atoms with Gasteiger partial charge in [0.25, 0.3) is 0 Å². The maximum atomic E-state index is 4.54. The van der Waals surface area contributed by atoms with Gasteiger partial charge in [-0.1, -0.05) is 98.8 Å². The second-order valence-corrected chi connectivity index (χ2v) is 9.06. The van der Waals surface area contributed by atoms with E-state index in [2.05, 4.69) is 116 Å². The van der Waals surface area contributed by atoms with Crippen LogP contribution in [0.25, 0.3) is 54.6 Å². The Bertz CT molecular complexity index is 1570. The SMILES string of the molecule is CC(C)c1ccc(-c2c3ccccc3c(-c3ccc4ccccc4c3)c3ccncc23)cc1. The standard InChI is InChI=1S/C32H25N/c1-21(2)22-11-14-24(15-12-22)31-27-9-5-6-10-28(27)32(29-17-18-33-20-30(29)31)26-16-13-23-7-3-4-8-25(23)19-26/h3-21H,1-2H3. The lowest BCUT2D eigenvalue weighted by molar-refractivity contribution is 0.867. The average molecular weight is 424 g/mol. The van der Waals surface area contributed by atoms with Crippen LogP contribution < -0.4 is 0 Å². The fourth-order valence-electron chi connectivity index (χ4n) is 5.02. The highest BCUT2D eigenvalue weighted by Crippen LogP contribution is 2.43. The third-order valence-electron chi connectivity index (χ3n) is 6.73. The van der Waals surface area contributed by atoms with Crippen LogP contribution in [0.15, 0.2) is 109 Å². The maximum absolute atomic E-state index is 4.54. The molecule has 0 fully saturated rings. The Morgan fingerprint density at radius 1 is 0.545 bits per heavy atom. The highest BCUT2D eigenvalue weighted by Gasteiger charge is 2.17. The Morgan fingerprint density at radius 3 is 1.88 bits per heavy atom. The van der Waals surface area contributed by atoms with Crippen LogP contribution in [0.1, 0.15) is 25.3 Å². The highest BCUT2D eigenvalue weighted by molar-refractivity contribution is 6.21. The summed E-state index contributed by atoms with van der Waals surface area (Å²) in [5.41, 5.74) is 6.37. The summed E-state index contributed by atoms with van der Waals surface area (Å²) in [6.07, 6.45) is 3.94. The molecule has 0 bridgehead atoms. The zero-order valence-corrected chi connectivity index (χ0v) is 18.9. The summed E-state index contributed by atoms with van der Waals surface area (Å²) in [4.78, 5) is 4.54. The predicted octanol–water partition coefficient (Wildman–Crippen LogP) is 9.00. The van der Waals surface area contributed by atoms with E-state index in [0.717, 1.165) is 0 Å². The van der Waals surface area contributed by atoms with Gasteiger partial charge < -0.3 is 0 Å². The molecule has 33 heavy (non-hydrogen) atoms. The van der Waals surface area contributed by atoms with Crippen LogP contribution >= 0.6 is 0 Å². The zero-order valence-electron chi connectivity index (χ0n) is 18.9. The van der Waals surface area contributed by atoms with Crippen molar-refractivity contribution < 1.29 is 0 Å². The van der Waals surface area contributed by atoms with Crippen molar-refractivity contribution in [1.82, 2.24) is 4.98 Å². The van der Waals surface area contributed by atoms with E-state index < -0.39 is 0 Å². The van der Waals surface area contributed by atoms with Gasteiger partial charge in [-0.25, -0.2) is 0 Å². The van der Waals surface area contributed by atoms with E-state index in [1.165, 1.54) is 60.1 Å². The molecule has 1 heterocycles. The molecule has 0 aliphatic rings. The monoisotopic (exact) mass is 423 g/mol. The Hall–Kier alpha value is -3.97. The van der Waals surface area contributed by atoms with E-state index in [0.29, 0.717) is 5.92 Å². The molecule has 0 unspecified atom stereocenters. The molecule has 1 heteroatoms. The number of hydrogen-bond donors (Lipinski definition) is 0. The molecule has 6 rings (SSSR count). The molecule has 0 radical (unpaired) electrons. The molecule has 0 aliphatic heterocycles. The van der Waals surface area contributed by atoms with Crippen LogP contribution in [0.5, 0.6) is 0 Å². The Balaban J connectivity index is 1.70. The Kier molecular flexibility index (Phi) is 4.69. The normalized spacial score (nSPS) is 11.6. The molecule has 0 amide bonds. The van der Waals surface area contributed by atoms with Gasteiger partial charge in [0.2, 0.25) is 0 Å². The highest BCUT2D eigenvalue weighted by atomic mass is 14.6. The summed E-state index contributed by atoms with van der Waals surface area (Å²) in [5, 5.41) is 7.49. The molecule has 6 aromatic rings. The summed E-state index contributed by atoms with van der Waals surface area (Å²) in [5.74, 6) is 0.518. The van der Waals surface area contributed by atoms with Gasteiger partial charge in [0, 0.05) is 17.8 Å². The van der Waals surface area contributed by atoms with Crippen molar-refractivity contribution in [3.8, 4) is 22.3 Å². The number of nitrogens with zero attached hydrogens (tertiary/aromatic N) is 1. The van der Waals surface area contributed by atoms with Crippen molar-refractivity contribution >= 4 is 32.3 Å². The fraction of sp³-hybridized carbons (Fsp3) is 0.0938. The number of hydrogen-bond acceptors (Lipinski definition) is 1. The molecule has 1 nitrogen and oxygen atoms in total. The summed E-state index contributed by atoms with van der Waals surface area (Å²) >= 11 is 0.